The van der Waals surface area contributed by atoms with Crippen molar-refractivity contribution in [1.29, 1.82) is 0 Å². The molecule has 3 nitrogen and oxygen atoms in total. The van der Waals surface area contributed by atoms with Crippen molar-refractivity contribution in [2.45, 2.75) is 27.2 Å². The Morgan fingerprint density at radius 1 is 1.32 bits per heavy atom. The van der Waals surface area contributed by atoms with E-state index in [-0.39, 0.29) is 5.97 Å². The molecular weight excluding hydrogens is 238 g/mol. The standard InChI is InChI=1S/C16H19NO2/c1-4-19-16(18)15(13(2)3)11-8-12-17-14-9-6-5-7-10-14/h5-10H,4,11H2,1-3H3. The van der Waals surface area contributed by atoms with E-state index in [0.29, 0.717) is 18.6 Å². The Balaban J connectivity index is 2.71. The van der Waals surface area contributed by atoms with Gasteiger partial charge in [0, 0.05) is 12.0 Å². The number of aliphatic imine (C=N–C) groups is 1. The smallest absolute Gasteiger partial charge is 0.334 e. The van der Waals surface area contributed by atoms with Gasteiger partial charge < -0.3 is 4.74 Å². The highest BCUT2D eigenvalue weighted by Gasteiger charge is 2.10. The second kappa shape index (κ2) is 8.06. The van der Waals surface area contributed by atoms with Crippen LogP contribution in [0.4, 0.5) is 5.69 Å². The molecule has 0 aliphatic heterocycles. The lowest BCUT2D eigenvalue weighted by Gasteiger charge is -2.05. The normalized spacial score (nSPS) is 9.21. The van der Waals surface area contributed by atoms with Crippen molar-refractivity contribution < 1.29 is 9.53 Å². The van der Waals surface area contributed by atoms with E-state index in [0.717, 1.165) is 11.3 Å². The molecule has 19 heavy (non-hydrogen) atoms. The third kappa shape index (κ3) is 5.36. The van der Waals surface area contributed by atoms with Gasteiger partial charge in [0.25, 0.3) is 0 Å². The maximum atomic E-state index is 11.7. The van der Waals surface area contributed by atoms with Crippen molar-refractivity contribution in [1.82, 2.24) is 0 Å². The molecule has 0 heterocycles. The lowest BCUT2D eigenvalue weighted by Crippen LogP contribution is -2.08. The summed E-state index contributed by atoms with van der Waals surface area (Å²) in [5, 5.41) is 0. The van der Waals surface area contributed by atoms with Gasteiger partial charge in [-0.3, -0.25) is 0 Å². The molecule has 0 N–H and O–H groups in total. The summed E-state index contributed by atoms with van der Waals surface area (Å²) in [6.07, 6.45) is 2.23. The highest BCUT2D eigenvalue weighted by Crippen LogP contribution is 2.11. The maximum absolute atomic E-state index is 11.7. The van der Waals surface area contributed by atoms with E-state index in [2.05, 4.69) is 10.9 Å². The lowest BCUT2D eigenvalue weighted by molar-refractivity contribution is -0.138. The Morgan fingerprint density at radius 3 is 2.58 bits per heavy atom. The monoisotopic (exact) mass is 257 g/mol. The van der Waals surface area contributed by atoms with Crippen LogP contribution in [-0.4, -0.2) is 18.4 Å². The Hall–Kier alpha value is -2.12. The molecule has 100 valence electrons. The second-order valence-electron chi connectivity index (χ2n) is 4.18. The highest BCUT2D eigenvalue weighted by molar-refractivity contribution is 5.89. The number of benzene rings is 1. The average Bonchev–Trinajstić information content (AvgIpc) is 2.39. The first kappa shape index (κ1) is 14.9. The number of esters is 1. The van der Waals surface area contributed by atoms with E-state index in [1.807, 2.05) is 44.2 Å². The molecule has 0 spiro atoms. The third-order valence-corrected chi connectivity index (χ3v) is 2.47. The van der Waals surface area contributed by atoms with E-state index >= 15 is 0 Å². The molecule has 1 aromatic carbocycles. The predicted molar refractivity (Wildman–Crippen MR) is 77.7 cm³/mol. The van der Waals surface area contributed by atoms with Crippen LogP contribution in [0.2, 0.25) is 0 Å². The highest BCUT2D eigenvalue weighted by atomic mass is 16.5. The van der Waals surface area contributed by atoms with Gasteiger partial charge in [0.1, 0.15) is 0 Å². The van der Waals surface area contributed by atoms with Gasteiger partial charge >= 0.3 is 5.97 Å². The van der Waals surface area contributed by atoms with Crippen LogP contribution in [0.3, 0.4) is 0 Å². The number of ether oxygens (including phenoxy) is 1. The molecule has 0 aromatic heterocycles. The van der Waals surface area contributed by atoms with Gasteiger partial charge in [-0.2, -0.15) is 0 Å². The summed E-state index contributed by atoms with van der Waals surface area (Å²) in [4.78, 5) is 15.9. The zero-order valence-corrected chi connectivity index (χ0v) is 11.6. The number of rotatable bonds is 5. The van der Waals surface area contributed by atoms with Crippen molar-refractivity contribution in [2.24, 2.45) is 4.99 Å². The van der Waals surface area contributed by atoms with Crippen molar-refractivity contribution in [3.63, 3.8) is 0 Å². The number of carbonyl (C=O) groups excluding carboxylic acids is 1. The summed E-state index contributed by atoms with van der Waals surface area (Å²) in [6.45, 7) is 5.98. The van der Waals surface area contributed by atoms with Gasteiger partial charge in [-0.05, 0) is 44.8 Å². The summed E-state index contributed by atoms with van der Waals surface area (Å²) in [5.41, 5.74) is 2.46. The Kier molecular flexibility index (Phi) is 6.34. The summed E-state index contributed by atoms with van der Waals surface area (Å²) < 4.78 is 5.01. The molecule has 0 fully saturated rings. The molecular formula is C16H19NO2. The molecule has 0 aliphatic rings. The first-order valence-corrected chi connectivity index (χ1v) is 6.31. The molecule has 0 unspecified atom stereocenters. The average molecular weight is 257 g/mol. The van der Waals surface area contributed by atoms with E-state index in [9.17, 15) is 4.79 Å². The lowest BCUT2D eigenvalue weighted by atomic mass is 10.1. The topological polar surface area (TPSA) is 38.7 Å². The minimum Gasteiger partial charge on any atom is -0.463 e. The number of hydrogen-bond acceptors (Lipinski definition) is 3. The minimum atomic E-state index is -0.264. The van der Waals surface area contributed by atoms with Gasteiger partial charge in [-0.1, -0.05) is 23.8 Å². The fourth-order valence-corrected chi connectivity index (χ4v) is 1.48. The molecule has 1 rings (SSSR count). The number of carbonyl (C=O) groups is 1. The molecule has 0 saturated heterocycles. The Bertz CT molecular complexity index is 505. The summed E-state index contributed by atoms with van der Waals surface area (Å²) in [7, 11) is 0. The predicted octanol–water partition coefficient (Wildman–Crippen LogP) is 3.83. The van der Waals surface area contributed by atoms with E-state index in [1.54, 1.807) is 13.0 Å². The molecule has 0 atom stereocenters. The number of hydrogen-bond donors (Lipinski definition) is 0. The van der Waals surface area contributed by atoms with Crippen molar-refractivity contribution in [3.8, 4) is 0 Å². The van der Waals surface area contributed by atoms with Crippen molar-refractivity contribution >= 4 is 17.5 Å². The summed E-state index contributed by atoms with van der Waals surface area (Å²) in [5.74, 6) is 2.58. The first-order valence-electron chi connectivity index (χ1n) is 6.31. The molecule has 1 aromatic rings. The van der Waals surface area contributed by atoms with Crippen LogP contribution in [0.15, 0.2) is 52.5 Å². The van der Waals surface area contributed by atoms with Crippen LogP contribution in [-0.2, 0) is 9.53 Å². The fourth-order valence-electron chi connectivity index (χ4n) is 1.48. The van der Waals surface area contributed by atoms with Gasteiger partial charge in [0.15, 0.2) is 0 Å². The van der Waals surface area contributed by atoms with E-state index < -0.39 is 0 Å². The maximum Gasteiger partial charge on any atom is 0.334 e. The van der Waals surface area contributed by atoms with Crippen LogP contribution >= 0.6 is 0 Å². The molecule has 0 saturated carbocycles. The van der Waals surface area contributed by atoms with Crippen LogP contribution in [0.25, 0.3) is 0 Å². The third-order valence-electron chi connectivity index (χ3n) is 2.47. The molecule has 0 bridgehead atoms. The largest absolute Gasteiger partial charge is 0.463 e. The first-order chi connectivity index (χ1) is 9.15. The molecule has 3 heteroatoms. The van der Waals surface area contributed by atoms with Gasteiger partial charge in [-0.15, -0.1) is 0 Å². The summed E-state index contributed by atoms with van der Waals surface area (Å²) >= 11 is 0. The number of para-hydroxylation sites is 1. The van der Waals surface area contributed by atoms with Crippen molar-refractivity contribution in [2.75, 3.05) is 6.61 Å². The van der Waals surface area contributed by atoms with Crippen LogP contribution in [0, 0.1) is 0 Å². The van der Waals surface area contributed by atoms with Gasteiger partial charge in [0.05, 0.1) is 12.3 Å². The minimum absolute atomic E-state index is 0.264. The molecule has 0 amide bonds. The molecule has 0 radical (unpaired) electrons. The quantitative estimate of drug-likeness (QED) is 0.457. The van der Waals surface area contributed by atoms with E-state index in [1.165, 1.54) is 0 Å². The Labute approximate surface area is 114 Å². The SMILES string of the molecule is CCOC(=O)C(CC=C=Nc1ccccc1)=C(C)C. The Morgan fingerprint density at radius 2 is 2.00 bits per heavy atom. The fraction of sp³-hybridized carbons (Fsp3) is 0.312. The van der Waals surface area contributed by atoms with Crippen LogP contribution in [0.1, 0.15) is 27.2 Å². The van der Waals surface area contributed by atoms with Crippen LogP contribution < -0.4 is 0 Å². The van der Waals surface area contributed by atoms with E-state index in [4.69, 9.17) is 4.74 Å². The van der Waals surface area contributed by atoms with Crippen molar-refractivity contribution in [3.05, 3.63) is 47.6 Å². The zero-order chi connectivity index (χ0) is 14.1. The molecule has 0 aliphatic carbocycles. The second-order valence-corrected chi connectivity index (χ2v) is 4.18. The zero-order valence-electron chi connectivity index (χ0n) is 11.6. The number of allylic oxidation sites excluding steroid dienone is 2. The van der Waals surface area contributed by atoms with Crippen LogP contribution in [0.5, 0.6) is 0 Å². The van der Waals surface area contributed by atoms with Gasteiger partial charge in [-0.25, -0.2) is 9.79 Å². The van der Waals surface area contributed by atoms with Gasteiger partial charge in [0.2, 0.25) is 0 Å². The summed E-state index contributed by atoms with van der Waals surface area (Å²) in [6, 6.07) is 9.56. The number of nitrogens with zero attached hydrogens (tertiary/aromatic N) is 1.